The molecule has 0 bridgehead atoms. The lowest BCUT2D eigenvalue weighted by atomic mass is 9.81. The highest BCUT2D eigenvalue weighted by molar-refractivity contribution is 5.93. The third kappa shape index (κ3) is 3.85. The van der Waals surface area contributed by atoms with Crippen molar-refractivity contribution < 1.29 is 14.3 Å². The maximum atomic E-state index is 13.2. The summed E-state index contributed by atoms with van der Waals surface area (Å²) in [6.07, 6.45) is 5.09. The molecule has 142 valence electrons. The van der Waals surface area contributed by atoms with Crippen LogP contribution in [-0.2, 0) is 9.53 Å². The van der Waals surface area contributed by atoms with E-state index in [0.717, 1.165) is 64.0 Å². The van der Waals surface area contributed by atoms with Crippen LogP contribution in [0.1, 0.15) is 42.5 Å². The average Bonchev–Trinajstić information content (AvgIpc) is 3.16. The predicted octanol–water partition coefficient (Wildman–Crippen LogP) is 2.03. The largest absolute Gasteiger partial charge is 0.385 e. The van der Waals surface area contributed by atoms with Crippen molar-refractivity contribution in [3.8, 4) is 0 Å². The summed E-state index contributed by atoms with van der Waals surface area (Å²) in [6.45, 7) is 3.75. The van der Waals surface area contributed by atoms with E-state index in [1.807, 2.05) is 17.0 Å². The Labute approximate surface area is 155 Å². The molecule has 1 saturated carbocycles. The number of carbonyl (C=O) groups excluding carboxylic acids is 2. The van der Waals surface area contributed by atoms with Crippen LogP contribution >= 0.6 is 0 Å². The van der Waals surface area contributed by atoms with Gasteiger partial charge in [-0.2, -0.15) is 0 Å². The van der Waals surface area contributed by atoms with E-state index in [9.17, 15) is 9.59 Å². The van der Waals surface area contributed by atoms with Crippen molar-refractivity contribution >= 4 is 17.5 Å². The SMILES string of the molecule is COCCC1(C(=O)N2CCN(c3ccc(C(N)=O)cc3)CC2)CCCC1. The molecule has 2 N–H and O–H groups in total. The molecule has 1 aromatic carbocycles. The van der Waals surface area contributed by atoms with Crippen molar-refractivity contribution in [1.29, 1.82) is 0 Å². The maximum absolute atomic E-state index is 13.2. The number of nitrogens with zero attached hydrogens (tertiary/aromatic N) is 2. The van der Waals surface area contributed by atoms with Crippen LogP contribution in [0.5, 0.6) is 0 Å². The van der Waals surface area contributed by atoms with Crippen LogP contribution in [-0.4, -0.2) is 56.6 Å². The molecule has 6 heteroatoms. The second-order valence-electron chi connectivity index (χ2n) is 7.42. The fourth-order valence-corrected chi connectivity index (χ4v) is 4.26. The molecule has 0 radical (unpaired) electrons. The zero-order valence-electron chi connectivity index (χ0n) is 15.6. The number of amides is 2. The lowest BCUT2D eigenvalue weighted by molar-refractivity contribution is -0.143. The Morgan fingerprint density at radius 2 is 1.69 bits per heavy atom. The highest BCUT2D eigenvalue weighted by Gasteiger charge is 2.43. The van der Waals surface area contributed by atoms with Gasteiger partial charge in [0.1, 0.15) is 0 Å². The monoisotopic (exact) mass is 359 g/mol. The van der Waals surface area contributed by atoms with Gasteiger partial charge in [0, 0.05) is 51.1 Å². The van der Waals surface area contributed by atoms with Crippen LogP contribution < -0.4 is 10.6 Å². The van der Waals surface area contributed by atoms with Gasteiger partial charge in [-0.1, -0.05) is 12.8 Å². The lowest BCUT2D eigenvalue weighted by Gasteiger charge is -2.40. The number of primary amides is 1. The third-order valence-electron chi connectivity index (χ3n) is 5.88. The van der Waals surface area contributed by atoms with Crippen LogP contribution in [0.25, 0.3) is 0 Å². The summed E-state index contributed by atoms with van der Waals surface area (Å²) in [5.74, 6) is -0.0966. The summed E-state index contributed by atoms with van der Waals surface area (Å²) in [7, 11) is 1.70. The number of carbonyl (C=O) groups is 2. The van der Waals surface area contributed by atoms with E-state index in [2.05, 4.69) is 4.90 Å². The molecule has 1 aliphatic heterocycles. The van der Waals surface area contributed by atoms with Gasteiger partial charge in [-0.25, -0.2) is 0 Å². The molecule has 2 fully saturated rings. The molecule has 1 aromatic rings. The Morgan fingerprint density at radius 3 is 2.23 bits per heavy atom. The van der Waals surface area contributed by atoms with Gasteiger partial charge in [0.15, 0.2) is 0 Å². The van der Waals surface area contributed by atoms with Gasteiger partial charge in [0.2, 0.25) is 11.8 Å². The minimum atomic E-state index is -0.412. The molecule has 6 nitrogen and oxygen atoms in total. The summed E-state index contributed by atoms with van der Waals surface area (Å²) in [5, 5.41) is 0. The number of hydrogen-bond acceptors (Lipinski definition) is 4. The topological polar surface area (TPSA) is 75.9 Å². The quantitative estimate of drug-likeness (QED) is 0.843. The Kier molecular flexibility index (Phi) is 5.81. The highest BCUT2D eigenvalue weighted by Crippen LogP contribution is 2.43. The minimum Gasteiger partial charge on any atom is -0.385 e. The van der Waals surface area contributed by atoms with Crippen LogP contribution in [0.15, 0.2) is 24.3 Å². The molecule has 26 heavy (non-hydrogen) atoms. The summed E-state index contributed by atoms with van der Waals surface area (Å²) in [6, 6.07) is 7.37. The zero-order chi connectivity index (χ0) is 18.6. The molecule has 2 aliphatic rings. The van der Waals surface area contributed by atoms with Crippen LogP contribution in [0, 0.1) is 5.41 Å². The Morgan fingerprint density at radius 1 is 1.08 bits per heavy atom. The summed E-state index contributed by atoms with van der Waals surface area (Å²) >= 11 is 0. The van der Waals surface area contributed by atoms with Gasteiger partial charge < -0.3 is 20.3 Å². The number of ether oxygens (including phenoxy) is 1. The van der Waals surface area contributed by atoms with Crippen LogP contribution in [0.4, 0.5) is 5.69 Å². The van der Waals surface area contributed by atoms with E-state index in [1.165, 1.54) is 0 Å². The minimum absolute atomic E-state index is 0.207. The molecule has 0 aromatic heterocycles. The van der Waals surface area contributed by atoms with E-state index in [0.29, 0.717) is 18.1 Å². The van der Waals surface area contributed by atoms with Crippen molar-refractivity contribution in [2.75, 3.05) is 44.8 Å². The van der Waals surface area contributed by atoms with Crippen molar-refractivity contribution in [2.45, 2.75) is 32.1 Å². The predicted molar refractivity (Wildman–Crippen MR) is 101 cm³/mol. The summed E-state index contributed by atoms with van der Waals surface area (Å²) in [5.41, 5.74) is 6.67. The summed E-state index contributed by atoms with van der Waals surface area (Å²) < 4.78 is 5.26. The van der Waals surface area contributed by atoms with E-state index in [-0.39, 0.29) is 5.41 Å². The Hall–Kier alpha value is -2.08. The van der Waals surface area contributed by atoms with Gasteiger partial charge in [-0.15, -0.1) is 0 Å². The van der Waals surface area contributed by atoms with Crippen LogP contribution in [0.2, 0.25) is 0 Å². The number of rotatable bonds is 6. The molecule has 0 unspecified atom stereocenters. The Bertz CT molecular complexity index is 630. The number of hydrogen-bond donors (Lipinski definition) is 1. The fraction of sp³-hybridized carbons (Fsp3) is 0.600. The van der Waals surface area contributed by atoms with Gasteiger partial charge in [0.05, 0.1) is 5.41 Å². The zero-order valence-corrected chi connectivity index (χ0v) is 15.6. The molecule has 0 atom stereocenters. The first-order valence-electron chi connectivity index (χ1n) is 9.49. The first kappa shape index (κ1) is 18.7. The Balaban J connectivity index is 1.60. The van der Waals surface area contributed by atoms with E-state index >= 15 is 0 Å². The van der Waals surface area contributed by atoms with Gasteiger partial charge in [-0.05, 0) is 43.5 Å². The summed E-state index contributed by atoms with van der Waals surface area (Å²) in [4.78, 5) is 28.7. The van der Waals surface area contributed by atoms with E-state index in [1.54, 1.807) is 19.2 Å². The first-order valence-corrected chi connectivity index (χ1v) is 9.49. The molecule has 3 rings (SSSR count). The molecular formula is C20H29N3O3. The molecule has 1 heterocycles. The number of benzene rings is 1. The number of anilines is 1. The first-order chi connectivity index (χ1) is 12.6. The smallest absolute Gasteiger partial charge is 0.248 e. The molecule has 2 amide bonds. The lowest BCUT2D eigenvalue weighted by Crippen LogP contribution is -2.53. The fourth-order valence-electron chi connectivity index (χ4n) is 4.26. The van der Waals surface area contributed by atoms with Crippen molar-refractivity contribution in [3.05, 3.63) is 29.8 Å². The number of methoxy groups -OCH3 is 1. The number of piperazine rings is 1. The maximum Gasteiger partial charge on any atom is 0.248 e. The number of nitrogens with two attached hydrogens (primary N) is 1. The van der Waals surface area contributed by atoms with Gasteiger partial charge >= 0.3 is 0 Å². The molecule has 1 saturated heterocycles. The van der Waals surface area contributed by atoms with Crippen molar-refractivity contribution in [1.82, 2.24) is 4.90 Å². The second kappa shape index (κ2) is 8.08. The standard InChI is InChI=1S/C20H29N3O3/c1-26-15-10-20(8-2-3-9-20)19(25)23-13-11-22(12-14-23)17-6-4-16(5-7-17)18(21)24/h4-7H,2-3,8-15H2,1H3,(H2,21,24). The molecule has 1 aliphatic carbocycles. The molecule has 0 spiro atoms. The second-order valence-corrected chi connectivity index (χ2v) is 7.42. The third-order valence-corrected chi connectivity index (χ3v) is 5.88. The van der Waals surface area contributed by atoms with Crippen molar-refractivity contribution in [2.24, 2.45) is 11.1 Å². The van der Waals surface area contributed by atoms with Gasteiger partial charge in [-0.3, -0.25) is 9.59 Å². The normalized spacial score (nSPS) is 19.6. The van der Waals surface area contributed by atoms with Crippen LogP contribution in [0.3, 0.4) is 0 Å². The van der Waals surface area contributed by atoms with Crippen molar-refractivity contribution in [3.63, 3.8) is 0 Å². The highest BCUT2D eigenvalue weighted by atomic mass is 16.5. The van der Waals surface area contributed by atoms with E-state index < -0.39 is 5.91 Å². The average molecular weight is 359 g/mol. The van der Waals surface area contributed by atoms with E-state index in [4.69, 9.17) is 10.5 Å². The van der Waals surface area contributed by atoms with Gasteiger partial charge in [0.25, 0.3) is 0 Å². The molecular weight excluding hydrogens is 330 g/mol.